The minimum atomic E-state index is -0.304. The molecule has 6 heteroatoms. The van der Waals surface area contributed by atoms with Crippen molar-refractivity contribution in [2.75, 3.05) is 20.6 Å². The molecule has 116 valence electrons. The maximum absolute atomic E-state index is 6.30. The number of rotatable bonds is 5. The number of hydrogen-bond acceptors (Lipinski definition) is 4. The van der Waals surface area contributed by atoms with Crippen molar-refractivity contribution in [1.82, 2.24) is 24.6 Å². The van der Waals surface area contributed by atoms with E-state index in [9.17, 15) is 0 Å². The van der Waals surface area contributed by atoms with Crippen LogP contribution in [0.3, 0.4) is 0 Å². The number of nitrogens with two attached hydrogens (primary N) is 1. The molecule has 0 amide bonds. The van der Waals surface area contributed by atoms with Gasteiger partial charge in [0.25, 0.3) is 0 Å². The Morgan fingerprint density at radius 2 is 2.18 bits per heavy atom. The molecule has 1 atom stereocenters. The van der Waals surface area contributed by atoms with Gasteiger partial charge < -0.3 is 15.6 Å². The zero-order chi connectivity index (χ0) is 15.7. The van der Waals surface area contributed by atoms with Crippen LogP contribution in [0.4, 0.5) is 0 Å². The lowest BCUT2D eigenvalue weighted by Gasteiger charge is -2.10. The van der Waals surface area contributed by atoms with Gasteiger partial charge in [-0.25, -0.2) is 4.98 Å². The van der Waals surface area contributed by atoms with Crippen molar-refractivity contribution in [2.24, 2.45) is 12.8 Å². The fraction of sp³-hybridized carbons (Fsp3) is 0.375. The molecule has 0 aliphatic rings. The molecule has 3 aromatic rings. The first-order valence-electron chi connectivity index (χ1n) is 7.40. The van der Waals surface area contributed by atoms with Crippen molar-refractivity contribution in [3.05, 3.63) is 47.7 Å². The smallest absolute Gasteiger partial charge is 0.171 e. The summed E-state index contributed by atoms with van der Waals surface area (Å²) < 4.78 is 1.67. The molecule has 2 heterocycles. The average molecular weight is 298 g/mol. The third-order valence-corrected chi connectivity index (χ3v) is 3.87. The van der Waals surface area contributed by atoms with Crippen molar-refractivity contribution < 1.29 is 0 Å². The third-order valence-electron chi connectivity index (χ3n) is 3.87. The highest BCUT2D eigenvalue weighted by molar-refractivity contribution is 5.84. The second-order valence-corrected chi connectivity index (χ2v) is 5.93. The standard InChI is InChI=1S/C16H22N6/c1-21(2)7-6-12-9-18-14-5-4-11(8-13(12)14)15(17)16-19-10-22(3)20-16/h4-5,8-10,15,18H,6-7,17H2,1-3H3. The Morgan fingerprint density at radius 1 is 1.36 bits per heavy atom. The molecule has 0 fully saturated rings. The summed E-state index contributed by atoms with van der Waals surface area (Å²) in [5, 5.41) is 5.53. The number of benzene rings is 1. The van der Waals surface area contributed by atoms with Gasteiger partial charge in [-0.05, 0) is 43.8 Å². The van der Waals surface area contributed by atoms with Gasteiger partial charge in [0.2, 0.25) is 0 Å². The summed E-state index contributed by atoms with van der Waals surface area (Å²) in [7, 11) is 6.02. The molecule has 3 rings (SSSR count). The first-order chi connectivity index (χ1) is 10.5. The van der Waals surface area contributed by atoms with Gasteiger partial charge in [-0.3, -0.25) is 4.68 Å². The van der Waals surface area contributed by atoms with E-state index in [2.05, 4.69) is 52.4 Å². The summed E-state index contributed by atoms with van der Waals surface area (Å²) in [6, 6.07) is 5.96. The molecular weight excluding hydrogens is 276 g/mol. The van der Waals surface area contributed by atoms with Crippen LogP contribution in [-0.2, 0) is 13.5 Å². The molecule has 0 saturated heterocycles. The van der Waals surface area contributed by atoms with Crippen LogP contribution >= 0.6 is 0 Å². The van der Waals surface area contributed by atoms with Crippen molar-refractivity contribution in [2.45, 2.75) is 12.5 Å². The fourth-order valence-corrected chi connectivity index (χ4v) is 2.59. The number of aromatic nitrogens is 4. The van der Waals surface area contributed by atoms with E-state index in [1.807, 2.05) is 13.1 Å². The van der Waals surface area contributed by atoms with E-state index in [1.54, 1.807) is 11.0 Å². The second kappa shape index (κ2) is 5.90. The molecule has 1 unspecified atom stereocenters. The number of H-pyrrole nitrogens is 1. The Morgan fingerprint density at radius 3 is 2.86 bits per heavy atom. The number of nitrogens with zero attached hydrogens (tertiary/aromatic N) is 4. The lowest BCUT2D eigenvalue weighted by atomic mass is 10.0. The maximum Gasteiger partial charge on any atom is 0.171 e. The van der Waals surface area contributed by atoms with Gasteiger partial charge in [-0.15, -0.1) is 0 Å². The van der Waals surface area contributed by atoms with Gasteiger partial charge in [0.05, 0.1) is 6.04 Å². The third kappa shape index (κ3) is 2.88. The van der Waals surface area contributed by atoms with Gasteiger partial charge in [0, 0.05) is 30.7 Å². The minimum absolute atomic E-state index is 0.304. The van der Waals surface area contributed by atoms with Gasteiger partial charge in [-0.1, -0.05) is 6.07 Å². The fourth-order valence-electron chi connectivity index (χ4n) is 2.59. The van der Waals surface area contributed by atoms with E-state index in [4.69, 9.17) is 5.73 Å². The highest BCUT2D eigenvalue weighted by atomic mass is 15.3. The van der Waals surface area contributed by atoms with E-state index in [-0.39, 0.29) is 6.04 Å². The Balaban J connectivity index is 1.92. The summed E-state index contributed by atoms with van der Waals surface area (Å²) in [6.07, 6.45) is 4.77. The van der Waals surface area contributed by atoms with E-state index in [0.29, 0.717) is 5.82 Å². The van der Waals surface area contributed by atoms with Crippen molar-refractivity contribution >= 4 is 10.9 Å². The zero-order valence-corrected chi connectivity index (χ0v) is 13.2. The van der Waals surface area contributed by atoms with E-state index >= 15 is 0 Å². The molecule has 0 spiro atoms. The lowest BCUT2D eigenvalue weighted by molar-refractivity contribution is 0.414. The highest BCUT2D eigenvalue weighted by Gasteiger charge is 2.15. The highest BCUT2D eigenvalue weighted by Crippen LogP contribution is 2.24. The predicted molar refractivity (Wildman–Crippen MR) is 87.6 cm³/mol. The number of hydrogen-bond donors (Lipinski definition) is 2. The van der Waals surface area contributed by atoms with Gasteiger partial charge in [0.1, 0.15) is 6.33 Å². The molecule has 22 heavy (non-hydrogen) atoms. The SMILES string of the molecule is CN(C)CCc1c[nH]c2ccc(C(N)c3ncn(C)n3)cc12. The number of aromatic amines is 1. The van der Waals surface area contributed by atoms with Crippen molar-refractivity contribution in [3.8, 4) is 0 Å². The molecular formula is C16H22N6. The quantitative estimate of drug-likeness (QED) is 0.747. The van der Waals surface area contributed by atoms with Crippen molar-refractivity contribution in [3.63, 3.8) is 0 Å². The topological polar surface area (TPSA) is 75.8 Å². The monoisotopic (exact) mass is 298 g/mol. The van der Waals surface area contributed by atoms with Crippen LogP contribution < -0.4 is 5.73 Å². The predicted octanol–water partition coefficient (Wildman–Crippen LogP) is 1.45. The zero-order valence-electron chi connectivity index (χ0n) is 13.2. The maximum atomic E-state index is 6.30. The molecule has 0 radical (unpaired) electrons. The normalized spacial score (nSPS) is 13.1. The first kappa shape index (κ1) is 14.7. The number of likely N-dealkylation sites (N-methyl/N-ethyl adjacent to an activating group) is 1. The minimum Gasteiger partial charge on any atom is -0.361 e. The summed E-state index contributed by atoms with van der Waals surface area (Å²) in [5.74, 6) is 0.646. The first-order valence-corrected chi connectivity index (χ1v) is 7.40. The summed E-state index contributed by atoms with van der Waals surface area (Å²) in [6.45, 7) is 1.02. The Bertz CT molecular complexity index is 770. The molecule has 1 aromatic carbocycles. The number of nitrogens with one attached hydrogen (secondary N) is 1. The summed E-state index contributed by atoms with van der Waals surface area (Å²) in [4.78, 5) is 9.77. The van der Waals surface area contributed by atoms with Gasteiger partial charge in [0.15, 0.2) is 5.82 Å². The average Bonchev–Trinajstić information content (AvgIpc) is 3.10. The molecule has 6 nitrogen and oxygen atoms in total. The number of aryl methyl sites for hydroxylation is 1. The van der Waals surface area contributed by atoms with Crippen LogP contribution in [0.5, 0.6) is 0 Å². The van der Waals surface area contributed by atoms with E-state index in [0.717, 1.165) is 24.0 Å². The van der Waals surface area contributed by atoms with Crippen LogP contribution in [0.2, 0.25) is 0 Å². The van der Waals surface area contributed by atoms with Crippen molar-refractivity contribution in [1.29, 1.82) is 0 Å². The second-order valence-electron chi connectivity index (χ2n) is 5.93. The van der Waals surface area contributed by atoms with Gasteiger partial charge in [-0.2, -0.15) is 5.10 Å². The summed E-state index contributed by atoms with van der Waals surface area (Å²) >= 11 is 0. The Labute approximate surface area is 129 Å². The molecule has 0 saturated carbocycles. The van der Waals surface area contributed by atoms with Gasteiger partial charge >= 0.3 is 0 Å². The van der Waals surface area contributed by atoms with Crippen LogP contribution in [0.15, 0.2) is 30.7 Å². The number of fused-ring (bicyclic) bond motifs is 1. The van der Waals surface area contributed by atoms with E-state index < -0.39 is 0 Å². The molecule has 3 N–H and O–H groups in total. The Hall–Kier alpha value is -2.18. The lowest BCUT2D eigenvalue weighted by Crippen LogP contribution is -2.15. The Kier molecular flexibility index (Phi) is 3.96. The van der Waals surface area contributed by atoms with Crippen LogP contribution in [0.1, 0.15) is 23.0 Å². The molecule has 0 bridgehead atoms. The largest absolute Gasteiger partial charge is 0.361 e. The molecule has 0 aliphatic carbocycles. The van der Waals surface area contributed by atoms with Crippen LogP contribution in [-0.4, -0.2) is 45.3 Å². The molecule has 2 aromatic heterocycles. The summed E-state index contributed by atoms with van der Waals surface area (Å²) in [5.41, 5.74) is 9.79. The van der Waals surface area contributed by atoms with Crippen LogP contribution in [0.25, 0.3) is 10.9 Å². The molecule has 0 aliphatic heterocycles. The van der Waals surface area contributed by atoms with E-state index in [1.165, 1.54) is 10.9 Å². The van der Waals surface area contributed by atoms with Crippen LogP contribution in [0, 0.1) is 0 Å².